The number of carbonyl (C=O) groups is 2. The van der Waals surface area contributed by atoms with E-state index in [0.29, 0.717) is 37.8 Å². The molecule has 0 saturated carbocycles. The molecule has 0 N–H and O–H groups in total. The Morgan fingerprint density at radius 2 is 1.86 bits per heavy atom. The molecule has 4 rings (SSSR count). The fourth-order valence-electron chi connectivity index (χ4n) is 3.62. The topological polar surface area (TPSA) is 69.6 Å². The number of nitrogens with zero attached hydrogens (tertiary/aromatic N) is 5. The normalized spacial score (nSPS) is 20.0. The zero-order valence-corrected chi connectivity index (χ0v) is 15.8. The summed E-state index contributed by atoms with van der Waals surface area (Å²) in [5, 5.41) is -0.0423. The Kier molecular flexibility index (Phi) is 5.13. The Morgan fingerprint density at radius 1 is 1.14 bits per heavy atom. The van der Waals surface area contributed by atoms with Crippen molar-refractivity contribution < 1.29 is 14.0 Å². The molecule has 146 valence electrons. The van der Waals surface area contributed by atoms with Crippen LogP contribution < -0.4 is 9.80 Å². The smallest absolute Gasteiger partial charge is 0.228 e. The van der Waals surface area contributed by atoms with Crippen molar-refractivity contribution in [3.8, 4) is 0 Å². The molecule has 2 aromatic rings. The van der Waals surface area contributed by atoms with E-state index in [-0.39, 0.29) is 29.8 Å². The highest BCUT2D eigenvalue weighted by Gasteiger charge is 2.38. The Balaban J connectivity index is 1.38. The van der Waals surface area contributed by atoms with Gasteiger partial charge in [-0.3, -0.25) is 9.59 Å². The van der Waals surface area contributed by atoms with Gasteiger partial charge in [0, 0.05) is 57.2 Å². The van der Waals surface area contributed by atoms with Gasteiger partial charge >= 0.3 is 0 Å². The second-order valence-electron chi connectivity index (χ2n) is 6.86. The largest absolute Gasteiger partial charge is 0.339 e. The number of carbonyl (C=O) groups excluding carboxylic acids is 2. The average molecular weight is 404 g/mol. The summed E-state index contributed by atoms with van der Waals surface area (Å²) in [7, 11) is 0. The molecule has 1 aromatic carbocycles. The summed E-state index contributed by atoms with van der Waals surface area (Å²) in [6, 6.07) is 5.91. The van der Waals surface area contributed by atoms with Crippen LogP contribution in [0, 0.1) is 11.7 Å². The summed E-state index contributed by atoms with van der Waals surface area (Å²) in [6.45, 7) is 2.69. The predicted octanol–water partition coefficient (Wildman–Crippen LogP) is 1.97. The first kappa shape index (κ1) is 18.6. The molecule has 7 nitrogen and oxygen atoms in total. The van der Waals surface area contributed by atoms with E-state index in [2.05, 4.69) is 9.97 Å². The molecular formula is C19H19ClFN5O2. The van der Waals surface area contributed by atoms with Gasteiger partial charge in [-0.2, -0.15) is 0 Å². The molecule has 2 aliphatic rings. The molecule has 9 heteroatoms. The summed E-state index contributed by atoms with van der Waals surface area (Å²) >= 11 is 5.82. The lowest BCUT2D eigenvalue weighted by atomic mass is 10.1. The number of amides is 2. The fourth-order valence-corrected chi connectivity index (χ4v) is 3.79. The SMILES string of the molecule is O=C([C@H]1CC(=O)N(c2ccc(F)c(Cl)c2)C1)N1CCN(c2ncccn2)CC1. The van der Waals surface area contributed by atoms with Crippen LogP contribution in [0.25, 0.3) is 0 Å². The second kappa shape index (κ2) is 7.71. The van der Waals surface area contributed by atoms with Gasteiger partial charge in [0.05, 0.1) is 10.9 Å². The van der Waals surface area contributed by atoms with E-state index in [0.717, 1.165) is 0 Å². The first-order chi connectivity index (χ1) is 13.5. The maximum atomic E-state index is 13.4. The lowest BCUT2D eigenvalue weighted by Gasteiger charge is -2.35. The fraction of sp³-hybridized carbons (Fsp3) is 0.368. The Morgan fingerprint density at radius 3 is 2.54 bits per heavy atom. The van der Waals surface area contributed by atoms with Crippen LogP contribution in [0.1, 0.15) is 6.42 Å². The zero-order chi connectivity index (χ0) is 19.7. The van der Waals surface area contributed by atoms with Gasteiger partial charge in [0.25, 0.3) is 0 Å². The molecule has 2 amide bonds. The number of hydrogen-bond donors (Lipinski definition) is 0. The summed E-state index contributed by atoms with van der Waals surface area (Å²) < 4.78 is 13.4. The molecule has 2 fully saturated rings. The van der Waals surface area contributed by atoms with E-state index < -0.39 is 11.7 Å². The third-order valence-corrected chi connectivity index (χ3v) is 5.41. The number of rotatable bonds is 3. The van der Waals surface area contributed by atoms with Crippen molar-refractivity contribution in [2.75, 3.05) is 42.5 Å². The van der Waals surface area contributed by atoms with E-state index in [1.165, 1.54) is 23.1 Å². The van der Waals surface area contributed by atoms with Gasteiger partial charge in [-0.15, -0.1) is 0 Å². The van der Waals surface area contributed by atoms with Crippen LogP contribution in [0.5, 0.6) is 0 Å². The van der Waals surface area contributed by atoms with Crippen molar-refractivity contribution in [3.63, 3.8) is 0 Å². The van der Waals surface area contributed by atoms with Gasteiger partial charge in [-0.05, 0) is 24.3 Å². The van der Waals surface area contributed by atoms with Gasteiger partial charge in [0.2, 0.25) is 17.8 Å². The maximum absolute atomic E-state index is 13.4. The Bertz CT molecular complexity index is 889. The number of halogens is 2. The summed E-state index contributed by atoms with van der Waals surface area (Å²) in [5.74, 6) is -0.471. The molecule has 1 atom stereocenters. The van der Waals surface area contributed by atoms with Crippen LogP contribution >= 0.6 is 11.6 Å². The molecule has 3 heterocycles. The number of piperazine rings is 1. The first-order valence-electron chi connectivity index (χ1n) is 9.09. The summed E-state index contributed by atoms with van der Waals surface area (Å²) in [6.07, 6.45) is 3.54. The first-order valence-corrected chi connectivity index (χ1v) is 9.47. The molecular weight excluding hydrogens is 385 g/mol. The molecule has 0 radical (unpaired) electrons. The monoisotopic (exact) mass is 403 g/mol. The minimum Gasteiger partial charge on any atom is -0.339 e. The van der Waals surface area contributed by atoms with Gasteiger partial charge in [0.15, 0.2) is 0 Å². The van der Waals surface area contributed by atoms with Crippen LogP contribution in [0.15, 0.2) is 36.7 Å². The van der Waals surface area contributed by atoms with Crippen molar-refractivity contribution in [1.29, 1.82) is 0 Å². The Labute approximate surface area is 166 Å². The third kappa shape index (κ3) is 3.64. The van der Waals surface area contributed by atoms with Crippen LogP contribution in [0.3, 0.4) is 0 Å². The molecule has 0 spiro atoms. The highest BCUT2D eigenvalue weighted by Crippen LogP contribution is 2.29. The van der Waals surface area contributed by atoms with Crippen LogP contribution in [-0.2, 0) is 9.59 Å². The standard InChI is InChI=1S/C19H19ClFN5O2/c20-15-11-14(2-3-16(15)21)26-12-13(10-17(26)27)18(28)24-6-8-25(9-7-24)19-22-4-1-5-23-19/h1-5,11,13H,6-10,12H2/t13-/m0/s1. The molecule has 0 unspecified atom stereocenters. The van der Waals surface area contributed by atoms with Gasteiger partial charge in [-0.25, -0.2) is 14.4 Å². The number of anilines is 2. The minimum absolute atomic E-state index is 0.0299. The number of benzene rings is 1. The average Bonchev–Trinajstić information content (AvgIpc) is 3.12. The quantitative estimate of drug-likeness (QED) is 0.783. The van der Waals surface area contributed by atoms with Crippen molar-refractivity contribution in [1.82, 2.24) is 14.9 Å². The molecule has 0 aliphatic carbocycles. The van der Waals surface area contributed by atoms with Crippen molar-refractivity contribution >= 4 is 35.1 Å². The van der Waals surface area contributed by atoms with E-state index in [9.17, 15) is 14.0 Å². The van der Waals surface area contributed by atoms with Crippen molar-refractivity contribution in [3.05, 3.63) is 47.5 Å². The lowest BCUT2D eigenvalue weighted by Crippen LogP contribution is -2.51. The second-order valence-corrected chi connectivity index (χ2v) is 7.27. The zero-order valence-electron chi connectivity index (χ0n) is 15.1. The molecule has 2 saturated heterocycles. The third-order valence-electron chi connectivity index (χ3n) is 5.12. The summed E-state index contributed by atoms with van der Waals surface area (Å²) in [5.41, 5.74) is 0.512. The van der Waals surface area contributed by atoms with Crippen molar-refractivity contribution in [2.24, 2.45) is 5.92 Å². The summed E-state index contributed by atoms with van der Waals surface area (Å²) in [4.78, 5) is 39.1. The van der Waals surface area contributed by atoms with E-state index >= 15 is 0 Å². The molecule has 0 bridgehead atoms. The number of aromatic nitrogens is 2. The van der Waals surface area contributed by atoms with E-state index in [1.807, 2.05) is 4.90 Å². The van der Waals surface area contributed by atoms with Gasteiger partial charge in [-0.1, -0.05) is 11.6 Å². The van der Waals surface area contributed by atoms with Crippen molar-refractivity contribution in [2.45, 2.75) is 6.42 Å². The van der Waals surface area contributed by atoms with Crippen LogP contribution in [0.2, 0.25) is 5.02 Å². The molecule has 2 aliphatic heterocycles. The molecule has 1 aromatic heterocycles. The van der Waals surface area contributed by atoms with Gasteiger partial charge in [0.1, 0.15) is 5.82 Å². The van der Waals surface area contributed by atoms with Crippen LogP contribution in [-0.4, -0.2) is 59.4 Å². The van der Waals surface area contributed by atoms with Gasteiger partial charge < -0.3 is 14.7 Å². The highest BCUT2D eigenvalue weighted by atomic mass is 35.5. The predicted molar refractivity (Wildman–Crippen MR) is 103 cm³/mol. The van der Waals surface area contributed by atoms with E-state index in [1.54, 1.807) is 23.4 Å². The minimum atomic E-state index is -0.537. The molecule has 28 heavy (non-hydrogen) atoms. The van der Waals surface area contributed by atoms with Crippen LogP contribution in [0.4, 0.5) is 16.0 Å². The lowest BCUT2D eigenvalue weighted by molar-refractivity contribution is -0.136. The Hall–Kier alpha value is -2.74. The van der Waals surface area contributed by atoms with E-state index in [4.69, 9.17) is 11.6 Å². The number of hydrogen-bond acceptors (Lipinski definition) is 5. The highest BCUT2D eigenvalue weighted by molar-refractivity contribution is 6.31. The maximum Gasteiger partial charge on any atom is 0.228 e.